The van der Waals surface area contributed by atoms with Gasteiger partial charge < -0.3 is 14.4 Å². The van der Waals surface area contributed by atoms with E-state index < -0.39 is 6.10 Å². The highest BCUT2D eigenvalue weighted by molar-refractivity contribution is 5.40. The first-order valence-electron chi connectivity index (χ1n) is 6.55. The second-order valence-corrected chi connectivity index (χ2v) is 4.57. The van der Waals surface area contributed by atoms with Crippen LogP contribution in [0.15, 0.2) is 61.3 Å². The highest BCUT2D eigenvalue weighted by atomic mass is 16.5. The van der Waals surface area contributed by atoms with Crippen molar-refractivity contribution in [3.63, 3.8) is 0 Å². The number of benzene rings is 1. The molecule has 5 heteroatoms. The van der Waals surface area contributed by atoms with Crippen molar-refractivity contribution in [3.05, 3.63) is 72.4 Å². The summed E-state index contributed by atoms with van der Waals surface area (Å²) in [5.74, 6) is 0.434. The molecule has 0 fully saturated rings. The van der Waals surface area contributed by atoms with Crippen molar-refractivity contribution in [1.29, 1.82) is 0 Å². The van der Waals surface area contributed by atoms with Gasteiger partial charge in [0.25, 0.3) is 0 Å². The molecule has 0 aliphatic carbocycles. The van der Waals surface area contributed by atoms with Gasteiger partial charge in [0, 0.05) is 29.8 Å². The lowest BCUT2D eigenvalue weighted by molar-refractivity contribution is 0.213. The quantitative estimate of drug-likeness (QED) is 0.797. The molecule has 0 aliphatic rings. The van der Waals surface area contributed by atoms with Crippen molar-refractivity contribution in [1.82, 2.24) is 14.5 Å². The van der Waals surface area contributed by atoms with Gasteiger partial charge in [-0.2, -0.15) is 0 Å². The van der Waals surface area contributed by atoms with Gasteiger partial charge in [-0.1, -0.05) is 12.1 Å². The Morgan fingerprint density at radius 2 is 1.95 bits per heavy atom. The normalized spacial score (nSPS) is 12.1. The molecule has 0 saturated heterocycles. The minimum Gasteiger partial charge on any atom is -0.481 e. The zero-order valence-corrected chi connectivity index (χ0v) is 11.5. The summed E-state index contributed by atoms with van der Waals surface area (Å²) < 4.78 is 7.09. The predicted molar refractivity (Wildman–Crippen MR) is 78.4 cm³/mol. The van der Waals surface area contributed by atoms with Crippen molar-refractivity contribution in [2.75, 3.05) is 7.11 Å². The molecule has 3 rings (SSSR count). The number of rotatable bonds is 4. The van der Waals surface area contributed by atoms with Gasteiger partial charge in [0.2, 0.25) is 5.88 Å². The van der Waals surface area contributed by atoms with E-state index in [0.717, 1.165) is 11.3 Å². The average Bonchev–Trinajstić information content (AvgIpc) is 3.09. The van der Waals surface area contributed by atoms with Crippen molar-refractivity contribution in [2.24, 2.45) is 0 Å². The molecule has 0 aliphatic heterocycles. The Morgan fingerprint density at radius 3 is 2.62 bits per heavy atom. The molecule has 0 radical (unpaired) electrons. The zero-order chi connectivity index (χ0) is 14.7. The van der Waals surface area contributed by atoms with Crippen molar-refractivity contribution >= 4 is 0 Å². The van der Waals surface area contributed by atoms with E-state index in [1.807, 2.05) is 35.0 Å². The molecule has 1 atom stereocenters. The van der Waals surface area contributed by atoms with E-state index in [9.17, 15) is 5.11 Å². The lowest BCUT2D eigenvalue weighted by atomic mass is 10.0. The van der Waals surface area contributed by atoms with Crippen LogP contribution in [0.3, 0.4) is 0 Å². The summed E-state index contributed by atoms with van der Waals surface area (Å²) in [5, 5.41) is 10.5. The van der Waals surface area contributed by atoms with E-state index in [2.05, 4.69) is 9.97 Å². The number of hydrogen-bond donors (Lipinski definition) is 1. The molecule has 0 saturated carbocycles. The topological polar surface area (TPSA) is 60.2 Å². The second-order valence-electron chi connectivity index (χ2n) is 4.57. The van der Waals surface area contributed by atoms with Crippen LogP contribution in [0.5, 0.6) is 5.88 Å². The van der Waals surface area contributed by atoms with Gasteiger partial charge in [-0.3, -0.25) is 0 Å². The maximum Gasteiger partial charge on any atom is 0.219 e. The van der Waals surface area contributed by atoms with Crippen LogP contribution < -0.4 is 4.74 Å². The minimum absolute atomic E-state index is 0.434. The molecule has 1 N–H and O–H groups in total. The fraction of sp³-hybridized carbons (Fsp3) is 0.125. The van der Waals surface area contributed by atoms with Crippen molar-refractivity contribution in [3.8, 4) is 11.6 Å². The van der Waals surface area contributed by atoms with Crippen LogP contribution in [0.2, 0.25) is 0 Å². The van der Waals surface area contributed by atoms with E-state index in [1.165, 1.54) is 0 Å². The Morgan fingerprint density at radius 1 is 1.14 bits per heavy atom. The van der Waals surface area contributed by atoms with Crippen LogP contribution in [0.1, 0.15) is 17.2 Å². The first-order valence-corrected chi connectivity index (χ1v) is 6.55. The van der Waals surface area contributed by atoms with Crippen LogP contribution in [0.25, 0.3) is 5.69 Å². The average molecular weight is 281 g/mol. The molecule has 1 unspecified atom stereocenters. The van der Waals surface area contributed by atoms with Gasteiger partial charge in [-0.15, -0.1) is 0 Å². The number of nitrogens with zero attached hydrogens (tertiary/aromatic N) is 3. The third kappa shape index (κ3) is 2.64. The van der Waals surface area contributed by atoms with Gasteiger partial charge in [0.15, 0.2) is 0 Å². The fourth-order valence-corrected chi connectivity index (χ4v) is 2.20. The number of ether oxygens (including phenoxy) is 1. The van der Waals surface area contributed by atoms with E-state index in [1.54, 1.807) is 38.0 Å². The highest BCUT2D eigenvalue weighted by Gasteiger charge is 2.15. The largest absolute Gasteiger partial charge is 0.481 e. The molecule has 2 heterocycles. The van der Waals surface area contributed by atoms with E-state index in [0.29, 0.717) is 11.4 Å². The second kappa shape index (κ2) is 5.76. The highest BCUT2D eigenvalue weighted by Crippen LogP contribution is 2.28. The Kier molecular flexibility index (Phi) is 3.66. The summed E-state index contributed by atoms with van der Waals surface area (Å²) in [5.41, 5.74) is 2.42. The summed E-state index contributed by atoms with van der Waals surface area (Å²) in [7, 11) is 1.54. The summed E-state index contributed by atoms with van der Waals surface area (Å²) >= 11 is 0. The number of hydrogen-bond acceptors (Lipinski definition) is 4. The number of aromatic nitrogens is 3. The van der Waals surface area contributed by atoms with Gasteiger partial charge >= 0.3 is 0 Å². The first kappa shape index (κ1) is 13.3. The van der Waals surface area contributed by atoms with E-state index in [4.69, 9.17) is 4.74 Å². The number of pyridine rings is 1. The molecule has 0 spiro atoms. The third-order valence-corrected chi connectivity index (χ3v) is 3.30. The monoisotopic (exact) mass is 281 g/mol. The molecule has 21 heavy (non-hydrogen) atoms. The number of aliphatic hydroxyl groups is 1. The van der Waals surface area contributed by atoms with Crippen LogP contribution in [-0.4, -0.2) is 26.8 Å². The first-order chi connectivity index (χ1) is 10.3. The fourth-order valence-electron chi connectivity index (χ4n) is 2.20. The van der Waals surface area contributed by atoms with Gasteiger partial charge in [0.1, 0.15) is 6.10 Å². The van der Waals surface area contributed by atoms with Crippen LogP contribution in [-0.2, 0) is 0 Å². The summed E-state index contributed by atoms with van der Waals surface area (Å²) in [6.45, 7) is 0. The number of aliphatic hydroxyl groups excluding tert-OH is 1. The molecule has 2 aromatic heterocycles. The Balaban J connectivity index is 1.90. The summed E-state index contributed by atoms with van der Waals surface area (Å²) in [6, 6.07) is 11.2. The third-order valence-electron chi connectivity index (χ3n) is 3.30. The van der Waals surface area contributed by atoms with Gasteiger partial charge in [-0.25, -0.2) is 9.97 Å². The standard InChI is InChI=1S/C16H15N3O2/c1-21-16-14(3-2-8-18-16)15(20)12-4-6-13(7-5-12)19-10-9-17-11-19/h2-11,15,20H,1H3. The molecule has 0 amide bonds. The van der Waals surface area contributed by atoms with Crippen molar-refractivity contribution < 1.29 is 9.84 Å². The van der Waals surface area contributed by atoms with Gasteiger partial charge in [0.05, 0.1) is 13.4 Å². The van der Waals surface area contributed by atoms with E-state index in [-0.39, 0.29) is 0 Å². The molecule has 3 aromatic rings. The molecule has 0 bridgehead atoms. The smallest absolute Gasteiger partial charge is 0.219 e. The molecule has 106 valence electrons. The summed E-state index contributed by atoms with van der Waals surface area (Å²) in [6.07, 6.45) is 6.19. The SMILES string of the molecule is COc1ncccc1C(O)c1ccc(-n2ccnc2)cc1. The predicted octanol–water partition coefficient (Wildman–Crippen LogP) is 2.36. The maximum atomic E-state index is 10.5. The van der Waals surface area contributed by atoms with E-state index >= 15 is 0 Å². The van der Waals surface area contributed by atoms with Crippen LogP contribution in [0, 0.1) is 0 Å². The Hall–Kier alpha value is -2.66. The lowest BCUT2D eigenvalue weighted by Crippen LogP contribution is -2.04. The molecular formula is C16H15N3O2. The Labute approximate surface area is 122 Å². The van der Waals surface area contributed by atoms with Crippen molar-refractivity contribution in [2.45, 2.75) is 6.10 Å². The maximum absolute atomic E-state index is 10.5. The number of methoxy groups -OCH3 is 1. The van der Waals surface area contributed by atoms with Crippen LogP contribution >= 0.6 is 0 Å². The number of imidazole rings is 1. The molecule has 1 aromatic carbocycles. The Bertz CT molecular complexity index is 709. The zero-order valence-electron chi connectivity index (χ0n) is 11.5. The van der Waals surface area contributed by atoms with Crippen LogP contribution in [0.4, 0.5) is 0 Å². The summed E-state index contributed by atoms with van der Waals surface area (Å²) in [4.78, 5) is 8.12. The minimum atomic E-state index is -0.773. The molecular weight excluding hydrogens is 266 g/mol. The molecule has 5 nitrogen and oxygen atoms in total. The van der Waals surface area contributed by atoms with Gasteiger partial charge in [-0.05, 0) is 29.8 Å². The lowest BCUT2D eigenvalue weighted by Gasteiger charge is -2.14.